The molecular formula is C30H25NO2. The molecule has 0 radical (unpaired) electrons. The molecule has 162 valence electrons. The van der Waals surface area contributed by atoms with Gasteiger partial charge < -0.3 is 9.47 Å². The lowest BCUT2D eigenvalue weighted by Gasteiger charge is -2.17. The topological polar surface area (TPSA) is 42.2 Å². The molecule has 33 heavy (non-hydrogen) atoms. The number of hydrogen-bond donors (Lipinski definition) is 0. The van der Waals surface area contributed by atoms with Crippen LogP contribution in [0.1, 0.15) is 22.3 Å². The maximum absolute atomic E-state index is 9.70. The van der Waals surface area contributed by atoms with E-state index in [0.29, 0.717) is 30.1 Å². The van der Waals surface area contributed by atoms with Crippen molar-refractivity contribution in [1.29, 1.82) is 5.26 Å². The number of benzene rings is 4. The van der Waals surface area contributed by atoms with Gasteiger partial charge >= 0.3 is 0 Å². The van der Waals surface area contributed by atoms with Gasteiger partial charge in [0.1, 0.15) is 6.61 Å². The van der Waals surface area contributed by atoms with Crippen LogP contribution in [-0.4, -0.2) is 7.11 Å². The molecule has 0 spiro atoms. The van der Waals surface area contributed by atoms with E-state index < -0.39 is 0 Å². The van der Waals surface area contributed by atoms with Crippen molar-refractivity contribution in [2.24, 2.45) is 0 Å². The SMILES string of the molecule is C=CCc1cc(/C=C(\C#N)c2ccccc2)cc(OC)c1OCc1cccc2ccccc12. The van der Waals surface area contributed by atoms with Gasteiger partial charge in [-0.25, -0.2) is 0 Å². The second kappa shape index (κ2) is 10.3. The first-order valence-electron chi connectivity index (χ1n) is 10.8. The van der Waals surface area contributed by atoms with Crippen LogP contribution in [0.2, 0.25) is 0 Å². The summed E-state index contributed by atoms with van der Waals surface area (Å²) >= 11 is 0. The maximum atomic E-state index is 9.70. The Kier molecular flexibility index (Phi) is 6.87. The van der Waals surface area contributed by atoms with Gasteiger partial charge in [0.25, 0.3) is 0 Å². The molecule has 0 saturated carbocycles. The molecule has 0 bridgehead atoms. The minimum Gasteiger partial charge on any atom is -0.493 e. The molecule has 0 saturated heterocycles. The fourth-order valence-electron chi connectivity index (χ4n) is 3.92. The molecule has 0 amide bonds. The molecule has 0 aliphatic carbocycles. The Bertz CT molecular complexity index is 1340. The van der Waals surface area contributed by atoms with Crippen molar-refractivity contribution in [2.75, 3.05) is 7.11 Å². The molecule has 0 fully saturated rings. The normalized spacial score (nSPS) is 11.1. The van der Waals surface area contributed by atoms with Crippen molar-refractivity contribution in [3.05, 3.63) is 120 Å². The summed E-state index contributed by atoms with van der Waals surface area (Å²) in [7, 11) is 1.63. The number of hydrogen-bond acceptors (Lipinski definition) is 3. The summed E-state index contributed by atoms with van der Waals surface area (Å²) in [4.78, 5) is 0. The van der Waals surface area contributed by atoms with Crippen LogP contribution in [0.15, 0.2) is 97.6 Å². The standard InChI is InChI=1S/C30H25NO2/c1-3-10-25-17-22(18-27(20-31)23-11-5-4-6-12-23)19-29(32-2)30(25)33-21-26-15-9-14-24-13-7-8-16-28(24)26/h3-9,11-19H,1,10,21H2,2H3/b27-18+. The van der Waals surface area contributed by atoms with Crippen molar-refractivity contribution in [3.8, 4) is 17.6 Å². The highest BCUT2D eigenvalue weighted by Crippen LogP contribution is 2.36. The molecule has 0 aromatic heterocycles. The summed E-state index contributed by atoms with van der Waals surface area (Å²) in [5.41, 5.74) is 4.41. The van der Waals surface area contributed by atoms with Crippen molar-refractivity contribution >= 4 is 22.4 Å². The molecule has 0 aliphatic rings. The van der Waals surface area contributed by atoms with Gasteiger partial charge in [-0.1, -0.05) is 78.9 Å². The molecule has 3 nitrogen and oxygen atoms in total. The first-order valence-corrected chi connectivity index (χ1v) is 10.8. The zero-order valence-corrected chi connectivity index (χ0v) is 18.6. The Morgan fingerprint density at radius 1 is 0.939 bits per heavy atom. The highest BCUT2D eigenvalue weighted by Gasteiger charge is 2.14. The summed E-state index contributed by atoms with van der Waals surface area (Å²) in [5, 5.41) is 12.1. The summed E-state index contributed by atoms with van der Waals surface area (Å²) in [6.45, 7) is 4.32. The largest absolute Gasteiger partial charge is 0.493 e. The van der Waals surface area contributed by atoms with Crippen LogP contribution in [-0.2, 0) is 13.0 Å². The van der Waals surface area contributed by atoms with Crippen LogP contribution in [0.25, 0.3) is 22.4 Å². The zero-order valence-electron chi connectivity index (χ0n) is 18.6. The minimum absolute atomic E-state index is 0.421. The second-order valence-corrected chi connectivity index (χ2v) is 7.67. The van der Waals surface area contributed by atoms with Crippen molar-refractivity contribution in [1.82, 2.24) is 0 Å². The zero-order chi connectivity index (χ0) is 23.0. The Labute approximate surface area is 194 Å². The van der Waals surface area contributed by atoms with Crippen molar-refractivity contribution < 1.29 is 9.47 Å². The number of fused-ring (bicyclic) bond motifs is 1. The minimum atomic E-state index is 0.421. The quantitative estimate of drug-likeness (QED) is 0.168. The summed E-state index contributed by atoms with van der Waals surface area (Å²) in [6.07, 6.45) is 4.34. The van der Waals surface area contributed by atoms with E-state index in [2.05, 4.69) is 36.9 Å². The number of rotatable bonds is 8. The molecular weight excluding hydrogens is 406 g/mol. The lowest BCUT2D eigenvalue weighted by atomic mass is 10.0. The van der Waals surface area contributed by atoms with E-state index in [1.54, 1.807) is 7.11 Å². The first kappa shape index (κ1) is 21.9. The number of allylic oxidation sites excluding steroid dienone is 2. The molecule has 0 aliphatic heterocycles. The van der Waals surface area contributed by atoms with Crippen LogP contribution < -0.4 is 9.47 Å². The third kappa shape index (κ3) is 4.97. The lowest BCUT2D eigenvalue weighted by Crippen LogP contribution is -2.02. The fourth-order valence-corrected chi connectivity index (χ4v) is 3.92. The number of nitrogens with zero attached hydrogens (tertiary/aromatic N) is 1. The molecule has 4 rings (SSSR count). The average Bonchev–Trinajstić information content (AvgIpc) is 2.87. The number of ether oxygens (including phenoxy) is 2. The van der Waals surface area contributed by atoms with E-state index in [-0.39, 0.29) is 0 Å². The predicted molar refractivity (Wildman–Crippen MR) is 135 cm³/mol. The number of nitriles is 1. The van der Waals surface area contributed by atoms with Gasteiger partial charge in [0.05, 0.1) is 18.8 Å². The first-order chi connectivity index (χ1) is 16.2. The summed E-state index contributed by atoms with van der Waals surface area (Å²) in [5.74, 6) is 1.33. The molecule has 4 aromatic carbocycles. The van der Waals surface area contributed by atoms with Crippen molar-refractivity contribution in [3.63, 3.8) is 0 Å². The highest BCUT2D eigenvalue weighted by atomic mass is 16.5. The molecule has 0 unspecified atom stereocenters. The van der Waals surface area contributed by atoms with Gasteiger partial charge in [-0.3, -0.25) is 0 Å². The Morgan fingerprint density at radius 2 is 1.70 bits per heavy atom. The molecule has 0 atom stereocenters. The van der Waals surface area contributed by atoms with Gasteiger partial charge in [-0.05, 0) is 52.1 Å². The van der Waals surface area contributed by atoms with E-state index in [1.165, 1.54) is 10.8 Å². The van der Waals surface area contributed by atoms with E-state index in [1.807, 2.05) is 72.8 Å². The van der Waals surface area contributed by atoms with Gasteiger partial charge in [0.15, 0.2) is 11.5 Å². The Hall–Kier alpha value is -4.29. The molecule has 0 heterocycles. The van der Waals surface area contributed by atoms with E-state index in [0.717, 1.165) is 22.3 Å². The van der Waals surface area contributed by atoms with Crippen LogP contribution in [0.3, 0.4) is 0 Å². The van der Waals surface area contributed by atoms with Gasteiger partial charge in [-0.15, -0.1) is 6.58 Å². The van der Waals surface area contributed by atoms with Gasteiger partial charge in [-0.2, -0.15) is 5.26 Å². The highest BCUT2D eigenvalue weighted by molar-refractivity contribution is 5.90. The van der Waals surface area contributed by atoms with Gasteiger partial charge in [0.2, 0.25) is 0 Å². The monoisotopic (exact) mass is 431 g/mol. The maximum Gasteiger partial charge on any atom is 0.165 e. The lowest BCUT2D eigenvalue weighted by molar-refractivity contribution is 0.283. The third-order valence-corrected chi connectivity index (χ3v) is 5.51. The average molecular weight is 432 g/mol. The molecule has 4 aromatic rings. The second-order valence-electron chi connectivity index (χ2n) is 7.67. The van der Waals surface area contributed by atoms with Crippen LogP contribution >= 0.6 is 0 Å². The van der Waals surface area contributed by atoms with Crippen LogP contribution in [0, 0.1) is 11.3 Å². The molecule has 0 N–H and O–H groups in total. The van der Waals surface area contributed by atoms with Crippen LogP contribution in [0.5, 0.6) is 11.5 Å². The van der Waals surface area contributed by atoms with Crippen molar-refractivity contribution in [2.45, 2.75) is 13.0 Å². The van der Waals surface area contributed by atoms with E-state index in [4.69, 9.17) is 9.47 Å². The smallest absolute Gasteiger partial charge is 0.165 e. The number of methoxy groups -OCH3 is 1. The summed E-state index contributed by atoms with van der Waals surface area (Å²) < 4.78 is 12.0. The predicted octanol–water partition coefficient (Wildman–Crippen LogP) is 7.22. The van der Waals surface area contributed by atoms with E-state index >= 15 is 0 Å². The Morgan fingerprint density at radius 3 is 2.45 bits per heavy atom. The van der Waals surface area contributed by atoms with E-state index in [9.17, 15) is 5.26 Å². The Balaban J connectivity index is 1.70. The fraction of sp³-hybridized carbons (Fsp3) is 0.100. The third-order valence-electron chi connectivity index (χ3n) is 5.51. The van der Waals surface area contributed by atoms with Gasteiger partial charge in [0, 0.05) is 5.56 Å². The summed E-state index contributed by atoms with van der Waals surface area (Å²) in [6, 6.07) is 30.4. The molecule has 3 heteroatoms. The van der Waals surface area contributed by atoms with Crippen LogP contribution in [0.4, 0.5) is 0 Å².